The molecule has 0 heterocycles. The minimum Gasteiger partial charge on any atom is -0.303 e. The zero-order valence-corrected chi connectivity index (χ0v) is 18.9. The van der Waals surface area contributed by atoms with Crippen molar-refractivity contribution in [3.63, 3.8) is 0 Å². The topological polar surface area (TPSA) is 66.8 Å². The third-order valence-electron chi connectivity index (χ3n) is 3.81. The van der Waals surface area contributed by atoms with Crippen LogP contribution < -0.4 is 0 Å². The van der Waals surface area contributed by atoms with Crippen LogP contribution in [0.4, 0.5) is 0 Å². The Morgan fingerprint density at radius 3 is 1.73 bits per heavy atom. The molecule has 0 aromatic heterocycles. The largest absolute Gasteiger partial charge is 0.470 e. The van der Waals surface area contributed by atoms with Gasteiger partial charge in [-0.2, -0.15) is 0 Å². The lowest BCUT2D eigenvalue weighted by atomic mass is 9.76. The molecule has 0 radical (unpaired) electrons. The molecule has 0 aliphatic rings. The molecule has 0 saturated heterocycles. The highest BCUT2D eigenvalue weighted by molar-refractivity contribution is 7.46. The molecule has 0 amide bonds. The van der Waals surface area contributed by atoms with E-state index >= 15 is 0 Å². The number of rotatable bonds is 6. The molecule has 0 spiro atoms. The Morgan fingerprint density at radius 2 is 1.42 bits per heavy atom. The van der Waals surface area contributed by atoms with Gasteiger partial charge in [-0.05, 0) is 49.0 Å². The monoisotopic (exact) mass is 386 g/mol. The Morgan fingerprint density at radius 1 is 0.962 bits per heavy atom. The molecule has 1 aromatic carbocycles. The summed E-state index contributed by atoms with van der Waals surface area (Å²) in [4.78, 5) is 17.8. The van der Waals surface area contributed by atoms with Gasteiger partial charge >= 0.3 is 7.82 Å². The summed E-state index contributed by atoms with van der Waals surface area (Å²) in [5.41, 5.74) is 0.527. The van der Waals surface area contributed by atoms with Crippen molar-refractivity contribution < 1.29 is 18.9 Å². The second kappa shape index (κ2) is 9.50. The van der Waals surface area contributed by atoms with Gasteiger partial charge < -0.3 is 9.79 Å². The van der Waals surface area contributed by atoms with E-state index in [4.69, 9.17) is 14.3 Å². The highest BCUT2D eigenvalue weighted by Crippen LogP contribution is 2.45. The smallest absolute Gasteiger partial charge is 0.303 e. The fraction of sp³-hybridized carbons (Fsp3) is 0.714. The Labute approximate surface area is 160 Å². The quantitative estimate of drug-likeness (QED) is 0.561. The first-order chi connectivity index (χ1) is 11.4. The van der Waals surface area contributed by atoms with Crippen LogP contribution in [0.3, 0.4) is 0 Å². The molecule has 1 aromatic rings. The highest BCUT2D eigenvalue weighted by atomic mass is 31.2. The van der Waals surface area contributed by atoms with Gasteiger partial charge in [-0.3, -0.25) is 4.52 Å². The number of hydrogen-bond donors (Lipinski definition) is 2. The lowest BCUT2D eigenvalue weighted by Gasteiger charge is -2.35. The van der Waals surface area contributed by atoms with Crippen LogP contribution in [0.25, 0.3) is 0 Å². The van der Waals surface area contributed by atoms with Gasteiger partial charge in [0.1, 0.15) is 0 Å². The van der Waals surface area contributed by atoms with Crippen LogP contribution in [0.15, 0.2) is 30.3 Å². The molecule has 0 fully saturated rings. The lowest BCUT2D eigenvalue weighted by molar-refractivity contribution is 0.0418. The van der Waals surface area contributed by atoms with Gasteiger partial charge in [0.25, 0.3) is 0 Å². The van der Waals surface area contributed by atoms with Gasteiger partial charge in [-0.15, -0.1) is 0 Å². The van der Waals surface area contributed by atoms with Crippen molar-refractivity contribution in [2.24, 2.45) is 11.3 Å². The molecule has 5 heteroatoms. The van der Waals surface area contributed by atoms with Crippen LogP contribution in [0.5, 0.6) is 0 Å². The molecule has 0 saturated carbocycles. The van der Waals surface area contributed by atoms with Gasteiger partial charge in [0.2, 0.25) is 0 Å². The van der Waals surface area contributed by atoms with Gasteiger partial charge in [0.05, 0.1) is 5.60 Å². The van der Waals surface area contributed by atoms with E-state index in [0.717, 1.165) is 11.5 Å². The summed E-state index contributed by atoms with van der Waals surface area (Å²) in [5.74, 6) is 0.843. The molecule has 26 heavy (non-hydrogen) atoms. The van der Waals surface area contributed by atoms with Gasteiger partial charge in [-0.1, -0.05) is 78.8 Å². The van der Waals surface area contributed by atoms with E-state index < -0.39 is 13.4 Å². The fourth-order valence-corrected chi connectivity index (χ4v) is 4.34. The number of phosphoric ester groups is 1. The van der Waals surface area contributed by atoms with E-state index in [0.29, 0.717) is 11.8 Å². The second-order valence-electron chi connectivity index (χ2n) is 9.93. The predicted octanol–water partition coefficient (Wildman–Crippen LogP) is 6.32. The van der Waals surface area contributed by atoms with Crippen LogP contribution in [0, 0.1) is 11.3 Å². The average Bonchev–Trinajstić information content (AvgIpc) is 2.32. The van der Waals surface area contributed by atoms with Gasteiger partial charge in [0.15, 0.2) is 0 Å². The highest BCUT2D eigenvalue weighted by Gasteiger charge is 2.35. The normalized spacial score (nSPS) is 13.4. The average molecular weight is 387 g/mol. The van der Waals surface area contributed by atoms with Gasteiger partial charge in [-0.25, -0.2) is 4.57 Å². The molecule has 0 unspecified atom stereocenters. The summed E-state index contributed by atoms with van der Waals surface area (Å²) in [7, 11) is -4.46. The van der Waals surface area contributed by atoms with Gasteiger partial charge in [0, 0.05) is 0 Å². The number of benzene rings is 1. The molecule has 2 N–H and O–H groups in total. The van der Waals surface area contributed by atoms with E-state index in [1.54, 1.807) is 13.8 Å². The lowest BCUT2D eigenvalue weighted by Crippen LogP contribution is -2.33. The van der Waals surface area contributed by atoms with Crippen molar-refractivity contribution in [1.29, 1.82) is 0 Å². The summed E-state index contributed by atoms with van der Waals surface area (Å²) in [6.07, 6.45) is 1.84. The summed E-state index contributed by atoms with van der Waals surface area (Å²) >= 11 is 0. The van der Waals surface area contributed by atoms with E-state index in [1.807, 2.05) is 44.2 Å². The molecular weight excluding hydrogens is 347 g/mol. The Hall–Kier alpha value is -0.670. The van der Waals surface area contributed by atoms with Crippen molar-refractivity contribution in [2.75, 3.05) is 0 Å². The molecule has 0 bridgehead atoms. The standard InChI is InChI=1S/C13H21O4P.C8H18/c1-12(2,11-8-6-5-7-9-11)10-13(3,4)17-18(14,15)16;1-7(2)6-8(3,4)5/h5-9H,10H2,1-4H3,(H2,14,15,16);7H,6H2,1-5H3. The zero-order valence-electron chi connectivity index (χ0n) is 18.0. The molecule has 152 valence electrons. The van der Waals surface area contributed by atoms with Crippen LogP contribution in [0.2, 0.25) is 0 Å². The van der Waals surface area contributed by atoms with E-state index in [1.165, 1.54) is 6.42 Å². The van der Waals surface area contributed by atoms with Crippen molar-refractivity contribution in [1.82, 2.24) is 0 Å². The minimum absolute atomic E-state index is 0.222. The summed E-state index contributed by atoms with van der Waals surface area (Å²) in [6.45, 7) is 18.8. The number of hydrogen-bond acceptors (Lipinski definition) is 2. The fourth-order valence-electron chi connectivity index (χ4n) is 3.63. The van der Waals surface area contributed by atoms with Crippen molar-refractivity contribution in [2.45, 2.75) is 86.2 Å². The molecular formula is C21H39O4P. The van der Waals surface area contributed by atoms with Crippen molar-refractivity contribution >= 4 is 7.82 Å². The van der Waals surface area contributed by atoms with E-state index in [-0.39, 0.29) is 5.41 Å². The molecule has 1 rings (SSSR count). The molecule has 0 aliphatic carbocycles. The predicted molar refractivity (Wildman–Crippen MR) is 110 cm³/mol. The third kappa shape index (κ3) is 12.6. The Balaban J connectivity index is 0.000000660. The third-order valence-corrected chi connectivity index (χ3v) is 4.54. The Bertz CT molecular complexity index is 565. The SMILES string of the molecule is CC(C)(CC(C)(C)c1ccccc1)OP(=O)(O)O.CC(C)CC(C)(C)C. The van der Waals surface area contributed by atoms with Crippen LogP contribution in [-0.4, -0.2) is 15.4 Å². The molecule has 0 atom stereocenters. The van der Waals surface area contributed by atoms with Crippen molar-refractivity contribution in [3.05, 3.63) is 35.9 Å². The summed E-state index contributed by atoms with van der Waals surface area (Å²) < 4.78 is 15.8. The molecule has 0 aliphatic heterocycles. The maximum absolute atomic E-state index is 10.9. The maximum Gasteiger partial charge on any atom is 0.470 e. The summed E-state index contributed by atoms with van der Waals surface area (Å²) in [5, 5.41) is 0. The van der Waals surface area contributed by atoms with Crippen LogP contribution in [-0.2, 0) is 14.5 Å². The second-order valence-corrected chi connectivity index (χ2v) is 11.1. The first-order valence-corrected chi connectivity index (χ1v) is 10.8. The van der Waals surface area contributed by atoms with Crippen molar-refractivity contribution in [3.8, 4) is 0 Å². The Kier molecular flexibility index (Phi) is 9.26. The van der Waals surface area contributed by atoms with E-state index in [2.05, 4.69) is 34.6 Å². The minimum atomic E-state index is -4.46. The van der Waals surface area contributed by atoms with E-state index in [9.17, 15) is 4.57 Å². The zero-order chi connectivity index (χ0) is 20.8. The molecule has 4 nitrogen and oxygen atoms in total. The number of phosphoric acid groups is 1. The first kappa shape index (κ1) is 25.3. The maximum atomic E-state index is 10.9. The summed E-state index contributed by atoms with van der Waals surface area (Å²) in [6, 6.07) is 9.86. The van der Waals surface area contributed by atoms with Crippen LogP contribution >= 0.6 is 7.82 Å². The first-order valence-electron chi connectivity index (χ1n) is 9.25. The van der Waals surface area contributed by atoms with Crippen LogP contribution in [0.1, 0.15) is 80.7 Å².